The molecule has 0 aromatic carbocycles. The van der Waals surface area contributed by atoms with E-state index >= 15 is 0 Å². The number of rotatable bonds is 51. The molecule has 8 nitrogen and oxygen atoms in total. The molecule has 0 radical (unpaired) electrons. The van der Waals surface area contributed by atoms with Gasteiger partial charge in [0.05, 0.1) is 39.9 Å². The number of carbonyl (C=O) groups excluding carboxylic acids is 1. The summed E-state index contributed by atoms with van der Waals surface area (Å²) in [4.78, 5) is 25.4. The van der Waals surface area contributed by atoms with E-state index in [1.165, 1.54) is 212 Å². The Kier molecular flexibility index (Phi) is 46.3. The van der Waals surface area contributed by atoms with E-state index in [0.717, 1.165) is 38.5 Å². The van der Waals surface area contributed by atoms with E-state index in [1.54, 1.807) is 6.08 Å². The van der Waals surface area contributed by atoms with Crippen LogP contribution in [0.25, 0.3) is 0 Å². The quantitative estimate of drug-likeness (QED) is 0.0272. The van der Waals surface area contributed by atoms with Crippen LogP contribution in [-0.2, 0) is 18.4 Å². The average molecular weight is 925 g/mol. The number of nitrogens with zero attached hydrogens (tertiary/aromatic N) is 1. The number of nitrogens with one attached hydrogen (secondary N) is 1. The van der Waals surface area contributed by atoms with Gasteiger partial charge in [-0.05, 0) is 32.1 Å². The number of hydrogen-bond acceptors (Lipinski definition) is 6. The summed E-state index contributed by atoms with van der Waals surface area (Å²) in [6, 6.07) is -0.899. The number of unbranched alkanes of at least 4 members (excludes halogenated alkanes) is 36. The Morgan fingerprint density at radius 3 is 1.27 bits per heavy atom. The van der Waals surface area contributed by atoms with Crippen molar-refractivity contribution < 1.29 is 32.9 Å². The molecule has 0 aromatic heterocycles. The molecule has 0 heterocycles. The van der Waals surface area contributed by atoms with Crippen LogP contribution in [-0.4, -0.2) is 68.5 Å². The number of aliphatic hydroxyl groups excluding tert-OH is 1. The highest BCUT2D eigenvalue weighted by Crippen LogP contribution is 2.38. The van der Waals surface area contributed by atoms with Gasteiger partial charge in [0, 0.05) is 6.42 Å². The number of hydrogen-bond donors (Lipinski definition) is 2. The van der Waals surface area contributed by atoms with Crippen LogP contribution in [0.2, 0.25) is 0 Å². The lowest BCUT2D eigenvalue weighted by Gasteiger charge is -2.29. The first-order valence-corrected chi connectivity index (χ1v) is 29.2. The topological polar surface area (TPSA) is 108 Å². The van der Waals surface area contributed by atoms with Crippen molar-refractivity contribution in [2.75, 3.05) is 40.9 Å². The first-order valence-electron chi connectivity index (χ1n) is 27.7. The normalized spacial score (nSPS) is 14.2. The first-order chi connectivity index (χ1) is 31.0. The fourth-order valence-electron chi connectivity index (χ4n) is 8.29. The Labute approximate surface area is 398 Å². The molecular formula is C55H109N2O6P. The van der Waals surface area contributed by atoms with Gasteiger partial charge in [-0.1, -0.05) is 256 Å². The monoisotopic (exact) mass is 925 g/mol. The third-order valence-corrected chi connectivity index (χ3v) is 13.6. The Morgan fingerprint density at radius 2 is 0.875 bits per heavy atom. The van der Waals surface area contributed by atoms with Gasteiger partial charge in [0.2, 0.25) is 5.91 Å². The number of quaternary nitrogens is 1. The molecule has 0 fully saturated rings. The number of allylic oxidation sites excluding steroid dienone is 3. The molecule has 3 unspecified atom stereocenters. The molecule has 0 aromatic rings. The fraction of sp³-hybridized carbons (Fsp3) is 0.909. The standard InChI is InChI=1S/C55H109N2O6P/c1-6-8-10-12-14-16-18-20-22-23-24-25-26-27-28-29-30-31-32-33-34-35-37-39-41-43-45-47-49-55(59)56-53(52-63-64(60,61)62-51-50-57(3,4)5)54(58)48-46-44-42-40-38-36-21-19-17-15-13-11-9-7-2/h38,40,46,48,53-54,58H,6-37,39,41-45,47,49-52H2,1-5H3,(H-,56,59,60,61)/b40-38+,48-46+. The van der Waals surface area contributed by atoms with E-state index < -0.39 is 20.0 Å². The summed E-state index contributed by atoms with van der Waals surface area (Å²) in [7, 11) is 1.25. The molecule has 0 aliphatic heterocycles. The Morgan fingerprint density at radius 1 is 0.531 bits per heavy atom. The second kappa shape index (κ2) is 47.1. The molecule has 3 atom stereocenters. The van der Waals surface area contributed by atoms with Crippen LogP contribution in [0.3, 0.4) is 0 Å². The molecule has 0 spiro atoms. The molecular weight excluding hydrogens is 816 g/mol. The highest BCUT2D eigenvalue weighted by atomic mass is 31.2. The molecule has 0 saturated carbocycles. The first kappa shape index (κ1) is 63.0. The van der Waals surface area contributed by atoms with Crippen molar-refractivity contribution in [3.05, 3.63) is 24.3 Å². The van der Waals surface area contributed by atoms with Crippen molar-refractivity contribution in [1.82, 2.24) is 5.32 Å². The molecule has 0 saturated heterocycles. The Balaban J connectivity index is 4.11. The van der Waals surface area contributed by atoms with Crippen LogP contribution in [0, 0.1) is 0 Å². The zero-order valence-electron chi connectivity index (χ0n) is 43.3. The van der Waals surface area contributed by atoms with Crippen LogP contribution < -0.4 is 10.2 Å². The number of likely N-dealkylation sites (N-methyl/N-ethyl adjacent to an activating group) is 1. The van der Waals surface area contributed by atoms with Crippen LogP contribution in [0.5, 0.6) is 0 Å². The van der Waals surface area contributed by atoms with E-state index in [1.807, 2.05) is 27.2 Å². The lowest BCUT2D eigenvalue weighted by Crippen LogP contribution is -2.45. The summed E-state index contributed by atoms with van der Waals surface area (Å²) in [5.41, 5.74) is 0. The number of carbonyl (C=O) groups is 1. The van der Waals surface area contributed by atoms with Gasteiger partial charge in [0.25, 0.3) is 7.82 Å². The summed E-state index contributed by atoms with van der Waals surface area (Å²) in [6.07, 6.45) is 58.3. The minimum Gasteiger partial charge on any atom is -0.756 e. The van der Waals surface area contributed by atoms with Gasteiger partial charge in [-0.2, -0.15) is 0 Å². The zero-order valence-corrected chi connectivity index (χ0v) is 44.1. The van der Waals surface area contributed by atoms with E-state index in [4.69, 9.17) is 9.05 Å². The molecule has 2 N–H and O–H groups in total. The third kappa shape index (κ3) is 48.9. The van der Waals surface area contributed by atoms with Gasteiger partial charge < -0.3 is 28.8 Å². The second-order valence-corrected chi connectivity index (χ2v) is 21.7. The van der Waals surface area contributed by atoms with E-state index in [0.29, 0.717) is 17.4 Å². The maximum atomic E-state index is 12.9. The SMILES string of the molecule is CCCCCCCCCC/C=C/CC/C=C/C(O)C(COP(=O)([O-])OCC[N+](C)(C)C)NC(=O)CCCCCCCCCCCCCCCCCCCCCCCCCCCCCC. The van der Waals surface area contributed by atoms with Crippen molar-refractivity contribution in [3.8, 4) is 0 Å². The summed E-state index contributed by atoms with van der Waals surface area (Å²) in [6.45, 7) is 4.65. The second-order valence-electron chi connectivity index (χ2n) is 20.3. The van der Waals surface area contributed by atoms with Crippen molar-refractivity contribution in [3.63, 3.8) is 0 Å². The van der Waals surface area contributed by atoms with Crippen molar-refractivity contribution in [2.45, 2.75) is 283 Å². The zero-order chi connectivity index (χ0) is 47.1. The van der Waals surface area contributed by atoms with Crippen LogP contribution in [0.4, 0.5) is 0 Å². The summed E-state index contributed by atoms with van der Waals surface area (Å²) >= 11 is 0. The van der Waals surface area contributed by atoms with Gasteiger partial charge in [0.1, 0.15) is 13.2 Å². The summed E-state index contributed by atoms with van der Waals surface area (Å²) in [5, 5.41) is 13.8. The van der Waals surface area contributed by atoms with Crippen molar-refractivity contribution in [2.24, 2.45) is 0 Å². The Bertz CT molecular complexity index is 1090. The molecule has 0 rings (SSSR count). The lowest BCUT2D eigenvalue weighted by atomic mass is 10.0. The molecule has 9 heteroatoms. The van der Waals surface area contributed by atoms with Gasteiger partial charge in [-0.15, -0.1) is 0 Å². The number of amides is 1. The minimum absolute atomic E-state index is 0.00399. The third-order valence-electron chi connectivity index (χ3n) is 12.7. The maximum Gasteiger partial charge on any atom is 0.268 e. The molecule has 0 aliphatic rings. The van der Waals surface area contributed by atoms with Gasteiger partial charge >= 0.3 is 0 Å². The molecule has 1 amide bonds. The molecule has 380 valence electrons. The van der Waals surface area contributed by atoms with Gasteiger partial charge in [0.15, 0.2) is 0 Å². The Hall–Kier alpha value is -1.02. The number of phosphoric ester groups is 1. The smallest absolute Gasteiger partial charge is 0.268 e. The highest BCUT2D eigenvalue weighted by Gasteiger charge is 2.23. The number of aliphatic hydroxyl groups is 1. The molecule has 0 aliphatic carbocycles. The van der Waals surface area contributed by atoms with Crippen molar-refractivity contribution >= 4 is 13.7 Å². The van der Waals surface area contributed by atoms with E-state index in [-0.39, 0.29) is 19.1 Å². The summed E-state index contributed by atoms with van der Waals surface area (Å²) in [5.74, 6) is -0.202. The largest absolute Gasteiger partial charge is 0.756 e. The predicted octanol–water partition coefficient (Wildman–Crippen LogP) is 15.8. The summed E-state index contributed by atoms with van der Waals surface area (Å²) < 4.78 is 23.3. The maximum absolute atomic E-state index is 12.9. The number of phosphoric acid groups is 1. The van der Waals surface area contributed by atoms with Crippen molar-refractivity contribution in [1.29, 1.82) is 0 Å². The van der Waals surface area contributed by atoms with Crippen LogP contribution in [0.15, 0.2) is 24.3 Å². The average Bonchev–Trinajstić information content (AvgIpc) is 3.25. The van der Waals surface area contributed by atoms with E-state index in [2.05, 4.69) is 31.3 Å². The van der Waals surface area contributed by atoms with Gasteiger partial charge in [-0.3, -0.25) is 9.36 Å². The molecule has 64 heavy (non-hydrogen) atoms. The van der Waals surface area contributed by atoms with E-state index in [9.17, 15) is 19.4 Å². The van der Waals surface area contributed by atoms with Crippen LogP contribution >= 0.6 is 7.82 Å². The fourth-order valence-corrected chi connectivity index (χ4v) is 9.01. The highest BCUT2D eigenvalue weighted by molar-refractivity contribution is 7.45. The van der Waals surface area contributed by atoms with Crippen LogP contribution in [0.1, 0.15) is 271 Å². The molecule has 0 bridgehead atoms. The predicted molar refractivity (Wildman–Crippen MR) is 275 cm³/mol. The lowest BCUT2D eigenvalue weighted by molar-refractivity contribution is -0.870. The minimum atomic E-state index is -4.60. The van der Waals surface area contributed by atoms with Gasteiger partial charge in [-0.25, -0.2) is 0 Å².